The summed E-state index contributed by atoms with van der Waals surface area (Å²) in [7, 11) is 0. The average molecular weight is 460 g/mol. The van der Waals surface area contributed by atoms with Crippen molar-refractivity contribution < 1.29 is 14.1 Å². The first kappa shape index (κ1) is 21.7. The zero-order valence-electron chi connectivity index (χ0n) is 19.3. The molecule has 1 atom stereocenters. The molecule has 1 aliphatic rings. The predicted octanol–water partition coefficient (Wildman–Crippen LogP) is 3.71. The van der Waals surface area contributed by atoms with Crippen LogP contribution in [0.4, 0.5) is 0 Å². The van der Waals surface area contributed by atoms with Crippen LogP contribution in [0, 0.1) is 13.8 Å². The molecular weight excluding hydrogens is 434 g/mol. The first-order valence-electron chi connectivity index (χ1n) is 11.3. The average Bonchev–Trinajstić information content (AvgIpc) is 3.60. The van der Waals surface area contributed by atoms with Crippen molar-refractivity contribution >= 4 is 5.91 Å². The number of hydrogen-bond donors (Lipinski definition) is 0. The molecule has 0 N–H and O–H groups in total. The molecule has 0 radical (unpaired) electrons. The van der Waals surface area contributed by atoms with Crippen LogP contribution in [0.1, 0.15) is 53.2 Å². The lowest BCUT2D eigenvalue weighted by atomic mass is 10.0. The minimum absolute atomic E-state index is 0.113. The summed E-state index contributed by atoms with van der Waals surface area (Å²) >= 11 is 0. The van der Waals surface area contributed by atoms with Gasteiger partial charge in [0.25, 0.3) is 5.91 Å². The number of benzene rings is 1. The summed E-state index contributed by atoms with van der Waals surface area (Å²) in [6, 6.07) is 7.21. The molecule has 0 bridgehead atoms. The third-order valence-corrected chi connectivity index (χ3v) is 5.83. The first-order valence-corrected chi connectivity index (χ1v) is 11.3. The van der Waals surface area contributed by atoms with E-state index in [4.69, 9.17) is 9.26 Å². The van der Waals surface area contributed by atoms with E-state index in [0.29, 0.717) is 47.6 Å². The number of hydrogen-bond acceptors (Lipinski definition) is 8. The van der Waals surface area contributed by atoms with Crippen molar-refractivity contribution in [2.24, 2.45) is 0 Å². The van der Waals surface area contributed by atoms with Crippen molar-refractivity contribution in [3.63, 3.8) is 0 Å². The number of nitrogens with zero attached hydrogens (tertiary/aromatic N) is 7. The second-order valence-electron chi connectivity index (χ2n) is 8.20. The summed E-state index contributed by atoms with van der Waals surface area (Å²) in [4.78, 5) is 26.0. The normalized spacial score (nSPS) is 15.6. The van der Waals surface area contributed by atoms with Gasteiger partial charge in [0, 0.05) is 12.7 Å². The Morgan fingerprint density at radius 1 is 1.21 bits per heavy atom. The van der Waals surface area contributed by atoms with Gasteiger partial charge in [0.1, 0.15) is 11.7 Å². The van der Waals surface area contributed by atoms with Crippen LogP contribution in [0.3, 0.4) is 0 Å². The zero-order valence-corrected chi connectivity index (χ0v) is 19.3. The lowest BCUT2D eigenvalue weighted by molar-refractivity contribution is 0.0709. The Balaban J connectivity index is 1.48. The number of aromatic nitrogens is 6. The second-order valence-corrected chi connectivity index (χ2v) is 8.20. The fraction of sp³-hybridized carbons (Fsp3) is 0.333. The van der Waals surface area contributed by atoms with E-state index >= 15 is 0 Å². The lowest BCUT2D eigenvalue weighted by Gasteiger charge is -2.24. The first-order chi connectivity index (χ1) is 16.6. The number of ether oxygens (including phenoxy) is 1. The van der Waals surface area contributed by atoms with E-state index in [9.17, 15) is 4.79 Å². The van der Waals surface area contributed by atoms with Crippen molar-refractivity contribution in [1.29, 1.82) is 0 Å². The molecule has 10 nitrogen and oxygen atoms in total. The fourth-order valence-electron chi connectivity index (χ4n) is 4.43. The van der Waals surface area contributed by atoms with Crippen LogP contribution in [0.15, 0.2) is 47.4 Å². The number of amides is 1. The summed E-state index contributed by atoms with van der Waals surface area (Å²) in [5, 5.41) is 12.7. The van der Waals surface area contributed by atoms with E-state index in [0.717, 1.165) is 24.0 Å². The molecule has 4 heterocycles. The van der Waals surface area contributed by atoms with Crippen molar-refractivity contribution in [2.75, 3.05) is 13.2 Å². The monoisotopic (exact) mass is 459 g/mol. The molecule has 3 aromatic heterocycles. The van der Waals surface area contributed by atoms with E-state index in [2.05, 4.69) is 25.3 Å². The quantitative estimate of drug-likeness (QED) is 0.429. The minimum Gasteiger partial charge on any atom is -0.477 e. The highest BCUT2D eigenvalue weighted by Crippen LogP contribution is 2.35. The Kier molecular flexibility index (Phi) is 5.79. The summed E-state index contributed by atoms with van der Waals surface area (Å²) in [6.07, 6.45) is 6.43. The van der Waals surface area contributed by atoms with Crippen LogP contribution in [0.5, 0.6) is 5.88 Å². The van der Waals surface area contributed by atoms with Gasteiger partial charge in [-0.15, -0.1) is 0 Å². The van der Waals surface area contributed by atoms with E-state index in [1.54, 1.807) is 29.6 Å². The molecule has 0 aliphatic carbocycles. The summed E-state index contributed by atoms with van der Waals surface area (Å²) in [5.41, 5.74) is 3.79. The van der Waals surface area contributed by atoms with Crippen molar-refractivity contribution in [1.82, 2.24) is 35.0 Å². The number of pyridine rings is 1. The number of aryl methyl sites for hydroxylation is 2. The summed E-state index contributed by atoms with van der Waals surface area (Å²) < 4.78 is 11.2. The van der Waals surface area contributed by atoms with Crippen LogP contribution in [-0.4, -0.2) is 54.1 Å². The van der Waals surface area contributed by atoms with Crippen molar-refractivity contribution in [3.05, 3.63) is 65.4 Å². The Morgan fingerprint density at radius 2 is 2.03 bits per heavy atom. The number of carbonyl (C=O) groups excluding carboxylic acids is 1. The van der Waals surface area contributed by atoms with Crippen LogP contribution in [0.25, 0.3) is 17.1 Å². The maximum Gasteiger partial charge on any atom is 0.256 e. The third kappa shape index (κ3) is 3.91. The van der Waals surface area contributed by atoms with Gasteiger partial charge in [0.2, 0.25) is 17.6 Å². The zero-order chi connectivity index (χ0) is 23.7. The standard InChI is InChI=1S/C24H25N7O3/c1-4-33-22-17(7-5-9-25-22)21-28-23(34-29-21)19-8-6-12-30(19)24(32)18-14-15(2)13-16(3)20(18)31-26-10-11-27-31/h5,7,9-11,13-14,19H,4,6,8,12H2,1-3H3. The molecule has 1 unspecified atom stereocenters. The highest BCUT2D eigenvalue weighted by molar-refractivity contribution is 5.98. The topological polar surface area (TPSA) is 112 Å². The molecule has 4 aromatic rings. The highest BCUT2D eigenvalue weighted by Gasteiger charge is 2.36. The molecule has 174 valence electrons. The molecule has 1 fully saturated rings. The fourth-order valence-corrected chi connectivity index (χ4v) is 4.43. The van der Waals surface area contributed by atoms with Crippen LogP contribution in [0.2, 0.25) is 0 Å². The maximum absolute atomic E-state index is 13.8. The van der Waals surface area contributed by atoms with Gasteiger partial charge in [-0.2, -0.15) is 20.0 Å². The predicted molar refractivity (Wildman–Crippen MR) is 123 cm³/mol. The van der Waals surface area contributed by atoms with Gasteiger partial charge in [-0.05, 0) is 62.9 Å². The smallest absolute Gasteiger partial charge is 0.256 e. The Morgan fingerprint density at radius 3 is 2.82 bits per heavy atom. The molecule has 10 heteroatoms. The van der Waals surface area contributed by atoms with Crippen molar-refractivity contribution in [2.45, 2.75) is 39.7 Å². The van der Waals surface area contributed by atoms with Crippen LogP contribution in [-0.2, 0) is 0 Å². The molecular formula is C24H25N7O3. The van der Waals surface area contributed by atoms with Gasteiger partial charge in [-0.1, -0.05) is 11.2 Å². The van der Waals surface area contributed by atoms with Gasteiger partial charge in [-0.3, -0.25) is 4.79 Å². The second kappa shape index (κ2) is 9.05. The van der Waals surface area contributed by atoms with Gasteiger partial charge in [0.05, 0.1) is 30.1 Å². The van der Waals surface area contributed by atoms with E-state index in [1.807, 2.05) is 39.0 Å². The van der Waals surface area contributed by atoms with Gasteiger partial charge >= 0.3 is 0 Å². The molecule has 0 saturated carbocycles. The van der Waals surface area contributed by atoms with E-state index in [1.165, 1.54) is 4.80 Å². The Bertz CT molecular complexity index is 1320. The minimum atomic E-state index is -0.319. The Hall–Kier alpha value is -4.08. The number of rotatable bonds is 6. The lowest BCUT2D eigenvalue weighted by Crippen LogP contribution is -2.32. The van der Waals surface area contributed by atoms with E-state index in [-0.39, 0.29) is 11.9 Å². The van der Waals surface area contributed by atoms with Crippen LogP contribution < -0.4 is 4.74 Å². The SMILES string of the molecule is CCOc1ncccc1-c1noc(C2CCCN2C(=O)c2cc(C)cc(C)c2-n2nccn2)n1. The Labute approximate surface area is 196 Å². The number of carbonyl (C=O) groups is 1. The van der Waals surface area contributed by atoms with Gasteiger partial charge in [-0.25, -0.2) is 4.98 Å². The molecule has 34 heavy (non-hydrogen) atoms. The van der Waals surface area contributed by atoms with Crippen molar-refractivity contribution in [3.8, 4) is 23.0 Å². The highest BCUT2D eigenvalue weighted by atomic mass is 16.5. The van der Waals surface area contributed by atoms with E-state index < -0.39 is 0 Å². The molecule has 1 aromatic carbocycles. The van der Waals surface area contributed by atoms with Gasteiger partial charge < -0.3 is 14.2 Å². The maximum atomic E-state index is 13.8. The third-order valence-electron chi connectivity index (χ3n) is 5.83. The summed E-state index contributed by atoms with van der Waals surface area (Å²) in [5.74, 6) is 1.12. The van der Waals surface area contributed by atoms with Gasteiger partial charge in [0.15, 0.2) is 0 Å². The molecule has 0 spiro atoms. The molecule has 1 aliphatic heterocycles. The number of likely N-dealkylation sites (tertiary alicyclic amines) is 1. The summed E-state index contributed by atoms with van der Waals surface area (Å²) in [6.45, 7) is 6.89. The molecule has 1 amide bonds. The molecule has 5 rings (SSSR count). The largest absolute Gasteiger partial charge is 0.477 e. The molecule has 1 saturated heterocycles. The van der Waals surface area contributed by atoms with Crippen LogP contribution >= 0.6 is 0 Å².